The number of carboxylic acids is 1. The van der Waals surface area contributed by atoms with Crippen LogP contribution >= 0.6 is 11.8 Å². The Bertz CT molecular complexity index is 611. The zero-order valence-corrected chi connectivity index (χ0v) is 11.7. The normalized spacial score (nSPS) is 10.4. The summed E-state index contributed by atoms with van der Waals surface area (Å²) >= 11 is 1.46. The van der Waals surface area contributed by atoms with Crippen LogP contribution in [0.5, 0.6) is 0 Å². The van der Waals surface area contributed by atoms with Crippen molar-refractivity contribution in [3.8, 4) is 0 Å². The fourth-order valence-corrected chi connectivity index (χ4v) is 2.97. The number of thioether (sulfide) groups is 1. The average molecular weight is 273 g/mol. The summed E-state index contributed by atoms with van der Waals surface area (Å²) in [4.78, 5) is 15.5. The molecule has 98 valence electrons. The van der Waals surface area contributed by atoms with E-state index in [9.17, 15) is 9.90 Å². The van der Waals surface area contributed by atoms with E-state index in [1.54, 1.807) is 19.2 Å². The van der Waals surface area contributed by atoms with Gasteiger partial charge in [0.2, 0.25) is 0 Å². The molecule has 3 nitrogen and oxygen atoms in total. The highest BCUT2D eigenvalue weighted by Crippen LogP contribution is 2.27. The van der Waals surface area contributed by atoms with E-state index >= 15 is 0 Å². The van der Waals surface area contributed by atoms with Gasteiger partial charge in [0.05, 0.1) is 5.56 Å². The SMILES string of the molecule is Cc1ccccc1CSc1nccc(C)c1C(=O)O. The first-order chi connectivity index (χ1) is 9.09. The maximum atomic E-state index is 11.3. The summed E-state index contributed by atoms with van der Waals surface area (Å²) in [7, 11) is 0. The Morgan fingerprint density at radius 3 is 2.63 bits per heavy atom. The molecule has 1 aromatic heterocycles. The van der Waals surface area contributed by atoms with Crippen LogP contribution in [0.1, 0.15) is 27.0 Å². The molecular formula is C15H15NO2S. The molecule has 0 fully saturated rings. The summed E-state index contributed by atoms with van der Waals surface area (Å²) in [6.07, 6.45) is 1.65. The molecule has 0 atom stereocenters. The minimum atomic E-state index is -0.919. The highest BCUT2D eigenvalue weighted by molar-refractivity contribution is 7.98. The number of hydrogen-bond acceptors (Lipinski definition) is 3. The maximum Gasteiger partial charge on any atom is 0.338 e. The second-order valence-electron chi connectivity index (χ2n) is 4.33. The van der Waals surface area contributed by atoms with E-state index in [4.69, 9.17) is 0 Å². The van der Waals surface area contributed by atoms with Crippen LogP contribution in [0.4, 0.5) is 0 Å². The topological polar surface area (TPSA) is 50.2 Å². The molecule has 0 saturated heterocycles. The first kappa shape index (κ1) is 13.6. The van der Waals surface area contributed by atoms with Crippen LogP contribution in [0.15, 0.2) is 41.6 Å². The van der Waals surface area contributed by atoms with Crippen molar-refractivity contribution < 1.29 is 9.90 Å². The highest BCUT2D eigenvalue weighted by atomic mass is 32.2. The summed E-state index contributed by atoms with van der Waals surface area (Å²) in [5.41, 5.74) is 3.46. The lowest BCUT2D eigenvalue weighted by Crippen LogP contribution is -2.04. The second kappa shape index (κ2) is 5.89. The second-order valence-corrected chi connectivity index (χ2v) is 5.29. The van der Waals surface area contributed by atoms with Crippen molar-refractivity contribution in [2.75, 3.05) is 0 Å². The van der Waals surface area contributed by atoms with Crippen molar-refractivity contribution in [2.45, 2.75) is 24.6 Å². The predicted molar refractivity (Wildman–Crippen MR) is 76.7 cm³/mol. The smallest absolute Gasteiger partial charge is 0.338 e. The molecule has 0 bridgehead atoms. The van der Waals surface area contributed by atoms with Crippen molar-refractivity contribution in [2.24, 2.45) is 0 Å². The van der Waals surface area contributed by atoms with Crippen LogP contribution < -0.4 is 0 Å². The van der Waals surface area contributed by atoms with Gasteiger partial charge in [-0.25, -0.2) is 9.78 Å². The van der Waals surface area contributed by atoms with Gasteiger partial charge in [0, 0.05) is 11.9 Å². The molecule has 0 spiro atoms. The van der Waals surface area contributed by atoms with E-state index in [-0.39, 0.29) is 0 Å². The summed E-state index contributed by atoms with van der Waals surface area (Å²) in [5, 5.41) is 9.82. The van der Waals surface area contributed by atoms with Gasteiger partial charge in [-0.2, -0.15) is 0 Å². The van der Waals surface area contributed by atoms with Crippen LogP contribution in [0.3, 0.4) is 0 Å². The molecule has 4 heteroatoms. The van der Waals surface area contributed by atoms with E-state index in [0.717, 1.165) is 11.3 Å². The van der Waals surface area contributed by atoms with Crippen LogP contribution in [0.25, 0.3) is 0 Å². The average Bonchev–Trinajstić information content (AvgIpc) is 2.37. The number of hydrogen-bond donors (Lipinski definition) is 1. The molecule has 19 heavy (non-hydrogen) atoms. The fraction of sp³-hybridized carbons (Fsp3) is 0.200. The standard InChI is InChI=1S/C15H15NO2S/c1-10-5-3-4-6-12(10)9-19-14-13(15(17)18)11(2)7-8-16-14/h3-8H,9H2,1-2H3,(H,17,18). The minimum absolute atomic E-state index is 0.307. The Morgan fingerprint density at radius 2 is 1.95 bits per heavy atom. The Kier molecular flexibility index (Phi) is 4.22. The number of aryl methyl sites for hydroxylation is 2. The number of rotatable bonds is 4. The lowest BCUT2D eigenvalue weighted by molar-refractivity contribution is 0.0691. The molecule has 1 aromatic carbocycles. The van der Waals surface area contributed by atoms with Crippen molar-refractivity contribution in [3.63, 3.8) is 0 Å². The number of aromatic nitrogens is 1. The monoisotopic (exact) mass is 273 g/mol. The van der Waals surface area contributed by atoms with Gasteiger partial charge in [0.1, 0.15) is 5.03 Å². The van der Waals surface area contributed by atoms with Crippen molar-refractivity contribution >= 4 is 17.7 Å². The predicted octanol–water partition coefficient (Wildman–Crippen LogP) is 3.69. The molecule has 0 amide bonds. The number of nitrogens with zero attached hydrogens (tertiary/aromatic N) is 1. The van der Waals surface area contributed by atoms with Gasteiger partial charge in [0.25, 0.3) is 0 Å². The third kappa shape index (κ3) is 3.15. The van der Waals surface area contributed by atoms with Crippen molar-refractivity contribution in [1.82, 2.24) is 4.98 Å². The molecule has 1 heterocycles. The van der Waals surface area contributed by atoms with Gasteiger partial charge in [-0.05, 0) is 36.6 Å². The summed E-state index contributed by atoms with van der Waals surface area (Å²) in [6, 6.07) is 9.82. The Hall–Kier alpha value is -1.81. The Labute approximate surface area is 116 Å². The maximum absolute atomic E-state index is 11.3. The molecule has 0 aliphatic carbocycles. The fourth-order valence-electron chi connectivity index (χ4n) is 1.82. The molecular weight excluding hydrogens is 258 g/mol. The van der Waals surface area contributed by atoms with E-state index in [1.807, 2.05) is 12.1 Å². The van der Waals surface area contributed by atoms with Crippen LogP contribution in [0.2, 0.25) is 0 Å². The quantitative estimate of drug-likeness (QED) is 0.863. The van der Waals surface area contributed by atoms with Gasteiger partial charge < -0.3 is 5.11 Å². The first-order valence-corrected chi connectivity index (χ1v) is 6.94. The summed E-state index contributed by atoms with van der Waals surface area (Å²) in [5.74, 6) is -0.193. The third-order valence-corrected chi connectivity index (χ3v) is 4.00. The van der Waals surface area contributed by atoms with Crippen molar-refractivity contribution in [1.29, 1.82) is 0 Å². The summed E-state index contributed by atoms with van der Waals surface area (Å²) in [6.45, 7) is 3.85. The Morgan fingerprint density at radius 1 is 1.21 bits per heavy atom. The molecule has 1 N–H and O–H groups in total. The largest absolute Gasteiger partial charge is 0.478 e. The van der Waals surface area contributed by atoms with E-state index in [2.05, 4.69) is 24.0 Å². The molecule has 0 unspecified atom stereocenters. The van der Waals surface area contributed by atoms with Gasteiger partial charge in [-0.1, -0.05) is 24.3 Å². The molecule has 0 saturated carbocycles. The lowest BCUT2D eigenvalue weighted by atomic mass is 10.1. The van der Waals surface area contributed by atoms with E-state index < -0.39 is 5.97 Å². The van der Waals surface area contributed by atoms with Crippen LogP contribution in [-0.4, -0.2) is 16.1 Å². The number of pyridine rings is 1. The molecule has 0 aliphatic heterocycles. The van der Waals surface area contributed by atoms with Crippen molar-refractivity contribution in [3.05, 3.63) is 58.8 Å². The van der Waals surface area contributed by atoms with Gasteiger partial charge in [0.15, 0.2) is 0 Å². The molecule has 2 rings (SSSR count). The minimum Gasteiger partial charge on any atom is -0.478 e. The Balaban J connectivity index is 2.23. The van der Waals surface area contributed by atoms with Gasteiger partial charge >= 0.3 is 5.97 Å². The van der Waals surface area contributed by atoms with Gasteiger partial charge in [-0.3, -0.25) is 0 Å². The third-order valence-electron chi connectivity index (χ3n) is 2.96. The molecule has 0 radical (unpaired) electrons. The zero-order valence-electron chi connectivity index (χ0n) is 10.9. The lowest BCUT2D eigenvalue weighted by Gasteiger charge is -2.08. The first-order valence-electron chi connectivity index (χ1n) is 5.96. The zero-order chi connectivity index (χ0) is 13.8. The number of benzene rings is 1. The number of aromatic carboxylic acids is 1. The van der Waals surface area contributed by atoms with E-state index in [0.29, 0.717) is 10.6 Å². The van der Waals surface area contributed by atoms with E-state index in [1.165, 1.54) is 22.9 Å². The van der Waals surface area contributed by atoms with Crippen LogP contribution in [0, 0.1) is 13.8 Å². The number of carbonyl (C=O) groups is 1. The summed E-state index contributed by atoms with van der Waals surface area (Å²) < 4.78 is 0. The van der Waals surface area contributed by atoms with Crippen LogP contribution in [-0.2, 0) is 5.75 Å². The molecule has 2 aromatic rings. The molecule has 0 aliphatic rings. The van der Waals surface area contributed by atoms with Gasteiger partial charge in [-0.15, -0.1) is 11.8 Å². The number of carboxylic acid groups (broad SMARTS) is 1. The highest BCUT2D eigenvalue weighted by Gasteiger charge is 2.14.